The van der Waals surface area contributed by atoms with Gasteiger partial charge in [0.2, 0.25) is 0 Å². The summed E-state index contributed by atoms with van der Waals surface area (Å²) in [6.45, 7) is 0.576. The molecule has 1 aliphatic carbocycles. The average Bonchev–Trinajstić information content (AvgIpc) is 2.97. The van der Waals surface area contributed by atoms with Crippen molar-refractivity contribution < 1.29 is 9.50 Å². The number of hydrogen-bond acceptors (Lipinski definition) is 2. The molecule has 4 heteroatoms. The maximum atomic E-state index is 13.0. The highest BCUT2D eigenvalue weighted by atomic mass is 35.5. The Morgan fingerprint density at radius 3 is 2.80 bits per heavy atom. The van der Waals surface area contributed by atoms with Gasteiger partial charge in [0, 0.05) is 18.6 Å². The van der Waals surface area contributed by atoms with Crippen LogP contribution in [0.25, 0.3) is 0 Å². The van der Waals surface area contributed by atoms with Gasteiger partial charge in [-0.25, -0.2) is 4.39 Å². The van der Waals surface area contributed by atoms with Crippen molar-refractivity contribution in [2.45, 2.75) is 11.8 Å². The van der Waals surface area contributed by atoms with Gasteiger partial charge >= 0.3 is 0 Å². The molecule has 1 aromatic rings. The quantitative estimate of drug-likeness (QED) is 0.829. The molecule has 1 aliphatic rings. The molecule has 0 aromatic heterocycles. The summed E-state index contributed by atoms with van der Waals surface area (Å²) in [5, 5.41) is 9.21. The van der Waals surface area contributed by atoms with Gasteiger partial charge in [-0.3, -0.25) is 0 Å². The maximum Gasteiger partial charge on any atom is 0.141 e. The second kappa shape index (κ2) is 3.74. The predicted molar refractivity (Wildman–Crippen MR) is 57.3 cm³/mol. The van der Waals surface area contributed by atoms with Crippen LogP contribution >= 0.6 is 11.6 Å². The van der Waals surface area contributed by atoms with E-state index in [0.29, 0.717) is 6.54 Å². The first-order chi connectivity index (χ1) is 7.14. The highest BCUT2D eigenvalue weighted by molar-refractivity contribution is 6.30. The van der Waals surface area contributed by atoms with Crippen molar-refractivity contribution in [2.75, 3.05) is 13.2 Å². The molecule has 15 heavy (non-hydrogen) atoms. The van der Waals surface area contributed by atoms with Crippen molar-refractivity contribution in [2.24, 2.45) is 11.7 Å². The minimum atomic E-state index is -0.422. The van der Waals surface area contributed by atoms with E-state index in [9.17, 15) is 4.39 Å². The Kier molecular flexibility index (Phi) is 2.71. The molecule has 0 radical (unpaired) electrons. The number of hydrogen-bond donors (Lipinski definition) is 2. The van der Waals surface area contributed by atoms with Crippen LogP contribution in [0.1, 0.15) is 12.0 Å². The van der Waals surface area contributed by atoms with Gasteiger partial charge in [0.15, 0.2) is 0 Å². The molecule has 0 saturated heterocycles. The molecule has 0 heterocycles. The molecule has 3 N–H and O–H groups in total. The van der Waals surface area contributed by atoms with Gasteiger partial charge < -0.3 is 10.8 Å². The lowest BCUT2D eigenvalue weighted by molar-refractivity contribution is 0.264. The molecule has 2 atom stereocenters. The number of halogens is 2. The third-order valence-corrected chi connectivity index (χ3v) is 3.60. The fourth-order valence-corrected chi connectivity index (χ4v) is 2.33. The summed E-state index contributed by atoms with van der Waals surface area (Å²) in [7, 11) is 0. The van der Waals surface area contributed by atoms with Gasteiger partial charge in [0.25, 0.3) is 0 Å². The van der Waals surface area contributed by atoms with Crippen LogP contribution in [-0.4, -0.2) is 18.3 Å². The normalized spacial score (nSPS) is 29.2. The van der Waals surface area contributed by atoms with E-state index in [4.69, 9.17) is 22.4 Å². The maximum absolute atomic E-state index is 13.0. The van der Waals surface area contributed by atoms with Crippen LogP contribution in [0.15, 0.2) is 18.2 Å². The molecule has 0 aliphatic heterocycles. The Balaban J connectivity index is 2.33. The van der Waals surface area contributed by atoms with Crippen molar-refractivity contribution in [1.29, 1.82) is 0 Å². The molecule has 0 unspecified atom stereocenters. The minimum Gasteiger partial charge on any atom is -0.396 e. The second-order valence-corrected chi connectivity index (χ2v) is 4.48. The summed E-state index contributed by atoms with van der Waals surface area (Å²) in [6, 6.07) is 4.66. The van der Waals surface area contributed by atoms with Gasteiger partial charge in [-0.05, 0) is 30.0 Å². The summed E-state index contributed by atoms with van der Waals surface area (Å²) in [5.41, 5.74) is 6.44. The summed E-state index contributed by atoms with van der Waals surface area (Å²) < 4.78 is 13.0. The molecule has 0 spiro atoms. The first kappa shape index (κ1) is 10.9. The zero-order valence-electron chi connectivity index (χ0n) is 8.21. The van der Waals surface area contributed by atoms with E-state index in [1.807, 2.05) is 0 Å². The molecule has 0 bridgehead atoms. The SMILES string of the molecule is NC[C@@]1(c2ccc(F)c(Cl)c2)C[C@H]1CO. The zero-order chi connectivity index (χ0) is 11.1. The first-order valence-electron chi connectivity index (χ1n) is 4.90. The number of aliphatic hydroxyl groups excluding tert-OH is 1. The Morgan fingerprint density at radius 2 is 2.33 bits per heavy atom. The molecule has 1 aromatic carbocycles. The predicted octanol–water partition coefficient (Wildman–Crippen LogP) is 1.69. The van der Waals surface area contributed by atoms with Crippen LogP contribution < -0.4 is 5.73 Å². The van der Waals surface area contributed by atoms with E-state index in [-0.39, 0.29) is 23.0 Å². The largest absolute Gasteiger partial charge is 0.396 e. The fourth-order valence-electron chi connectivity index (χ4n) is 2.15. The fraction of sp³-hybridized carbons (Fsp3) is 0.455. The van der Waals surface area contributed by atoms with E-state index < -0.39 is 5.82 Å². The topological polar surface area (TPSA) is 46.2 Å². The minimum absolute atomic E-state index is 0.115. The van der Waals surface area contributed by atoms with Crippen molar-refractivity contribution in [3.63, 3.8) is 0 Å². The lowest BCUT2D eigenvalue weighted by atomic mass is 9.93. The van der Waals surface area contributed by atoms with Crippen LogP contribution in [0.4, 0.5) is 4.39 Å². The number of nitrogens with two attached hydrogens (primary N) is 1. The standard InChI is InChI=1S/C11H13ClFNO/c12-9-3-7(1-2-10(9)13)11(6-14)4-8(11)5-15/h1-3,8,15H,4-6,14H2/t8-,11+/m0/s1. The molecular weight excluding hydrogens is 217 g/mol. The smallest absolute Gasteiger partial charge is 0.141 e. The van der Waals surface area contributed by atoms with Gasteiger partial charge in [0.1, 0.15) is 5.82 Å². The number of rotatable bonds is 3. The van der Waals surface area contributed by atoms with Crippen LogP contribution in [0.5, 0.6) is 0 Å². The average molecular weight is 230 g/mol. The zero-order valence-corrected chi connectivity index (χ0v) is 8.97. The van der Waals surface area contributed by atoms with Crippen LogP contribution in [0, 0.1) is 11.7 Å². The monoisotopic (exact) mass is 229 g/mol. The van der Waals surface area contributed by atoms with Crippen LogP contribution in [0.2, 0.25) is 5.02 Å². The van der Waals surface area contributed by atoms with Gasteiger partial charge in [-0.2, -0.15) is 0 Å². The van der Waals surface area contributed by atoms with E-state index in [0.717, 1.165) is 12.0 Å². The van der Waals surface area contributed by atoms with Gasteiger partial charge in [-0.15, -0.1) is 0 Å². The lowest BCUT2D eigenvalue weighted by Gasteiger charge is -2.15. The van der Waals surface area contributed by atoms with Crippen LogP contribution in [-0.2, 0) is 5.41 Å². The molecule has 2 nitrogen and oxygen atoms in total. The molecule has 1 fully saturated rings. The van der Waals surface area contributed by atoms with Gasteiger partial charge in [0.05, 0.1) is 5.02 Å². The third-order valence-electron chi connectivity index (χ3n) is 3.31. The molecule has 82 valence electrons. The van der Waals surface area contributed by atoms with Crippen LogP contribution in [0.3, 0.4) is 0 Å². The van der Waals surface area contributed by atoms with Crippen molar-refractivity contribution in [3.8, 4) is 0 Å². The Morgan fingerprint density at radius 1 is 1.60 bits per heavy atom. The summed E-state index contributed by atoms with van der Waals surface area (Å²) >= 11 is 5.72. The number of benzene rings is 1. The molecule has 2 rings (SSSR count). The Hall–Kier alpha value is -0.640. The lowest BCUT2D eigenvalue weighted by Crippen LogP contribution is -2.23. The summed E-state index contributed by atoms with van der Waals surface area (Å²) in [6.07, 6.45) is 0.849. The highest BCUT2D eigenvalue weighted by Gasteiger charge is 2.53. The molecular formula is C11H13ClFNO. The van der Waals surface area contributed by atoms with E-state index in [1.54, 1.807) is 12.1 Å². The van der Waals surface area contributed by atoms with Gasteiger partial charge in [-0.1, -0.05) is 17.7 Å². The molecule has 1 saturated carbocycles. The molecule has 0 amide bonds. The summed E-state index contributed by atoms with van der Waals surface area (Å²) in [5.74, 6) is -0.238. The second-order valence-electron chi connectivity index (χ2n) is 4.07. The van der Waals surface area contributed by atoms with E-state index in [2.05, 4.69) is 0 Å². The van der Waals surface area contributed by atoms with Crippen molar-refractivity contribution in [3.05, 3.63) is 34.6 Å². The van der Waals surface area contributed by atoms with E-state index >= 15 is 0 Å². The summed E-state index contributed by atoms with van der Waals surface area (Å²) in [4.78, 5) is 0. The van der Waals surface area contributed by atoms with Crippen molar-refractivity contribution in [1.82, 2.24) is 0 Å². The third kappa shape index (κ3) is 1.65. The highest BCUT2D eigenvalue weighted by Crippen LogP contribution is 2.53. The Labute approximate surface area is 92.9 Å². The van der Waals surface area contributed by atoms with Crippen molar-refractivity contribution >= 4 is 11.6 Å². The van der Waals surface area contributed by atoms with E-state index in [1.165, 1.54) is 6.07 Å². The number of aliphatic hydroxyl groups is 1. The first-order valence-corrected chi connectivity index (χ1v) is 5.28. The Bertz CT molecular complexity index is 385.